The molecule has 2 aliphatic rings. The van der Waals surface area contributed by atoms with Gasteiger partial charge in [0.15, 0.2) is 17.5 Å². The Morgan fingerprint density at radius 2 is 1.18 bits per heavy atom. The molecule has 38 heavy (non-hydrogen) atoms. The van der Waals surface area contributed by atoms with E-state index in [0.29, 0.717) is 17.5 Å². The number of nitrogens with zero attached hydrogens (tertiary/aromatic N) is 4. The minimum atomic E-state index is -0.122. The van der Waals surface area contributed by atoms with E-state index in [9.17, 15) is 5.26 Å². The molecule has 5 aromatic rings. The van der Waals surface area contributed by atoms with E-state index in [-0.39, 0.29) is 5.41 Å². The highest BCUT2D eigenvalue weighted by Gasteiger charge is 2.45. The largest absolute Gasteiger partial charge is 0.208 e. The number of rotatable bonds is 3. The molecule has 1 saturated carbocycles. The van der Waals surface area contributed by atoms with Crippen molar-refractivity contribution in [1.29, 1.82) is 5.26 Å². The zero-order valence-corrected chi connectivity index (χ0v) is 21.1. The minimum absolute atomic E-state index is 0.122. The van der Waals surface area contributed by atoms with Gasteiger partial charge >= 0.3 is 0 Å². The molecule has 0 amide bonds. The van der Waals surface area contributed by atoms with Gasteiger partial charge in [-0.3, -0.25) is 0 Å². The van der Waals surface area contributed by atoms with E-state index in [1.807, 2.05) is 72.8 Å². The predicted octanol–water partition coefficient (Wildman–Crippen LogP) is 7.97. The molecular formula is C34H26N4. The van der Waals surface area contributed by atoms with Crippen molar-refractivity contribution in [2.24, 2.45) is 0 Å². The zero-order chi connectivity index (χ0) is 25.5. The molecule has 0 radical (unpaired) electrons. The highest BCUT2D eigenvalue weighted by molar-refractivity contribution is 5.85. The zero-order valence-electron chi connectivity index (χ0n) is 21.1. The topological polar surface area (TPSA) is 62.5 Å². The van der Waals surface area contributed by atoms with Gasteiger partial charge in [0.2, 0.25) is 0 Å². The summed E-state index contributed by atoms with van der Waals surface area (Å²) in [6.07, 6.45) is 5.72. The first kappa shape index (κ1) is 22.6. The van der Waals surface area contributed by atoms with Crippen molar-refractivity contribution in [3.63, 3.8) is 0 Å². The van der Waals surface area contributed by atoms with Crippen molar-refractivity contribution in [1.82, 2.24) is 15.0 Å². The molecule has 7 rings (SSSR count). The highest BCUT2D eigenvalue weighted by atomic mass is 15.0. The third-order valence-electron chi connectivity index (χ3n) is 8.15. The van der Waals surface area contributed by atoms with Gasteiger partial charge in [0.05, 0.1) is 11.6 Å². The van der Waals surface area contributed by atoms with Gasteiger partial charge in [0, 0.05) is 22.1 Å². The summed E-state index contributed by atoms with van der Waals surface area (Å²) in [6, 6.07) is 35.5. The summed E-state index contributed by atoms with van der Waals surface area (Å²) >= 11 is 0. The second-order valence-corrected chi connectivity index (χ2v) is 10.3. The Bertz CT molecular complexity index is 1640. The fraction of sp³-hybridized carbons (Fsp3) is 0.176. The van der Waals surface area contributed by atoms with Crippen LogP contribution in [0.3, 0.4) is 0 Å². The third-order valence-corrected chi connectivity index (χ3v) is 8.15. The Hall–Kier alpha value is -4.62. The molecule has 4 nitrogen and oxygen atoms in total. The van der Waals surface area contributed by atoms with Crippen LogP contribution in [-0.4, -0.2) is 15.0 Å². The van der Waals surface area contributed by atoms with Crippen LogP contribution in [0.5, 0.6) is 0 Å². The molecule has 1 spiro atoms. The van der Waals surface area contributed by atoms with E-state index in [0.717, 1.165) is 35.1 Å². The maximum Gasteiger partial charge on any atom is 0.164 e. The van der Waals surface area contributed by atoms with Crippen LogP contribution in [0.4, 0.5) is 0 Å². The van der Waals surface area contributed by atoms with Crippen molar-refractivity contribution in [3.8, 4) is 51.4 Å². The predicted molar refractivity (Wildman–Crippen MR) is 150 cm³/mol. The summed E-state index contributed by atoms with van der Waals surface area (Å²) in [5.74, 6) is 2.00. The molecule has 0 N–H and O–H groups in total. The van der Waals surface area contributed by atoms with E-state index in [1.165, 1.54) is 41.5 Å². The van der Waals surface area contributed by atoms with Crippen molar-refractivity contribution >= 4 is 0 Å². The first-order chi connectivity index (χ1) is 18.8. The fourth-order valence-electron chi connectivity index (χ4n) is 6.45. The van der Waals surface area contributed by atoms with E-state index in [1.54, 1.807) is 0 Å². The summed E-state index contributed by atoms with van der Waals surface area (Å²) < 4.78 is 0. The number of benzene rings is 4. The van der Waals surface area contributed by atoms with Gasteiger partial charge < -0.3 is 0 Å². The summed E-state index contributed by atoms with van der Waals surface area (Å²) in [4.78, 5) is 14.8. The Morgan fingerprint density at radius 3 is 1.79 bits per heavy atom. The summed E-state index contributed by atoms with van der Waals surface area (Å²) in [6.45, 7) is 0. The average molecular weight is 491 g/mol. The van der Waals surface area contributed by atoms with Gasteiger partial charge in [-0.25, -0.2) is 15.0 Å². The highest BCUT2D eigenvalue weighted by Crippen LogP contribution is 2.57. The lowest BCUT2D eigenvalue weighted by Crippen LogP contribution is -2.29. The molecule has 0 saturated heterocycles. The van der Waals surface area contributed by atoms with Gasteiger partial charge in [0.25, 0.3) is 0 Å². The van der Waals surface area contributed by atoms with Crippen molar-refractivity contribution in [2.45, 2.75) is 37.5 Å². The molecule has 0 atom stereocenters. The normalized spacial score (nSPS) is 15.0. The van der Waals surface area contributed by atoms with Crippen LogP contribution in [0.25, 0.3) is 45.3 Å². The van der Waals surface area contributed by atoms with Gasteiger partial charge in [-0.1, -0.05) is 104 Å². The van der Waals surface area contributed by atoms with Crippen LogP contribution < -0.4 is 0 Å². The van der Waals surface area contributed by atoms with Crippen molar-refractivity contribution in [2.75, 3.05) is 0 Å². The smallest absolute Gasteiger partial charge is 0.164 e. The maximum atomic E-state index is 10.0. The second-order valence-electron chi connectivity index (χ2n) is 10.3. The van der Waals surface area contributed by atoms with Crippen LogP contribution in [0.1, 0.15) is 48.8 Å². The lowest BCUT2D eigenvalue weighted by atomic mass is 9.66. The van der Waals surface area contributed by atoms with Crippen LogP contribution in [0.15, 0.2) is 97.1 Å². The second kappa shape index (κ2) is 9.04. The monoisotopic (exact) mass is 490 g/mol. The molecule has 1 aromatic heterocycles. The summed E-state index contributed by atoms with van der Waals surface area (Å²) in [5.41, 5.74) is 8.57. The van der Waals surface area contributed by atoms with Gasteiger partial charge in [0.1, 0.15) is 0 Å². The van der Waals surface area contributed by atoms with Crippen molar-refractivity contribution in [3.05, 3.63) is 114 Å². The number of fused-ring (bicyclic) bond motifs is 5. The molecule has 0 aliphatic heterocycles. The van der Waals surface area contributed by atoms with Crippen LogP contribution in [0.2, 0.25) is 0 Å². The Kier molecular flexibility index (Phi) is 5.37. The van der Waals surface area contributed by atoms with Gasteiger partial charge in [-0.05, 0) is 47.2 Å². The lowest BCUT2D eigenvalue weighted by Gasteiger charge is -2.36. The molecule has 1 fully saturated rings. The van der Waals surface area contributed by atoms with E-state index < -0.39 is 0 Å². The standard InChI is InChI=1S/C34H26N4/c35-22-26-15-10-16-28-27-18-17-25(21-29(27)34(30(26)28)19-8-3-9-20-34)33-37-31(23-11-4-1-5-12-23)36-32(38-33)24-13-6-2-7-14-24/h1-2,4-7,10-18,21H,3,8-9,19-20H2. The van der Waals surface area contributed by atoms with Gasteiger partial charge in [-0.15, -0.1) is 0 Å². The van der Waals surface area contributed by atoms with Crippen LogP contribution in [0, 0.1) is 11.3 Å². The number of nitriles is 1. The molecule has 2 aliphatic carbocycles. The van der Waals surface area contributed by atoms with Gasteiger partial charge in [-0.2, -0.15) is 5.26 Å². The maximum absolute atomic E-state index is 10.0. The molecule has 1 heterocycles. The number of hydrogen-bond acceptors (Lipinski definition) is 4. The molecule has 4 heteroatoms. The first-order valence-electron chi connectivity index (χ1n) is 13.3. The quantitative estimate of drug-likeness (QED) is 0.257. The molecular weight excluding hydrogens is 464 g/mol. The third kappa shape index (κ3) is 3.55. The number of hydrogen-bond donors (Lipinski definition) is 0. The Labute approximate surface area is 222 Å². The van der Waals surface area contributed by atoms with E-state index in [2.05, 4.69) is 30.3 Å². The summed E-state index contributed by atoms with van der Waals surface area (Å²) in [5, 5.41) is 10.0. The van der Waals surface area contributed by atoms with Crippen LogP contribution >= 0.6 is 0 Å². The fourth-order valence-corrected chi connectivity index (χ4v) is 6.45. The Morgan fingerprint density at radius 1 is 0.579 bits per heavy atom. The van der Waals surface area contributed by atoms with Crippen molar-refractivity contribution < 1.29 is 0 Å². The average Bonchev–Trinajstić information content (AvgIpc) is 3.26. The van der Waals surface area contributed by atoms with Crippen LogP contribution in [-0.2, 0) is 5.41 Å². The van der Waals surface area contributed by atoms with E-state index in [4.69, 9.17) is 15.0 Å². The molecule has 182 valence electrons. The lowest BCUT2D eigenvalue weighted by molar-refractivity contribution is 0.352. The molecule has 4 aromatic carbocycles. The molecule has 0 unspecified atom stereocenters. The summed E-state index contributed by atoms with van der Waals surface area (Å²) in [7, 11) is 0. The first-order valence-corrected chi connectivity index (χ1v) is 13.3. The SMILES string of the molecule is N#Cc1cccc2c1C1(CCCCC1)c1cc(-c3nc(-c4ccccc4)nc(-c4ccccc4)n3)ccc1-2. The van der Waals surface area contributed by atoms with E-state index >= 15 is 0 Å². The minimum Gasteiger partial charge on any atom is -0.208 e. The Balaban J connectivity index is 1.43. The molecule has 0 bridgehead atoms. The number of aromatic nitrogens is 3.